The predicted molar refractivity (Wildman–Crippen MR) is 57.2 cm³/mol. The van der Waals surface area contributed by atoms with Crippen molar-refractivity contribution in [2.75, 3.05) is 6.61 Å². The van der Waals surface area contributed by atoms with Gasteiger partial charge in [0.15, 0.2) is 0 Å². The molecule has 14 heavy (non-hydrogen) atoms. The van der Waals surface area contributed by atoms with Gasteiger partial charge in [-0.3, -0.25) is 0 Å². The number of aromatic nitrogens is 1. The van der Waals surface area contributed by atoms with E-state index in [0.717, 1.165) is 18.4 Å². The average Bonchev–Trinajstić information content (AvgIpc) is 2.19. The van der Waals surface area contributed by atoms with E-state index in [1.54, 1.807) is 6.20 Å². The van der Waals surface area contributed by atoms with Crippen molar-refractivity contribution >= 4 is 0 Å². The van der Waals surface area contributed by atoms with Gasteiger partial charge in [0.1, 0.15) is 0 Å². The molecule has 0 aliphatic carbocycles. The molecule has 1 heterocycles. The number of ether oxygens (including phenoxy) is 1. The van der Waals surface area contributed by atoms with E-state index in [0.29, 0.717) is 12.5 Å². The Bertz CT molecular complexity index is 276. The van der Waals surface area contributed by atoms with Gasteiger partial charge in [-0.05, 0) is 19.4 Å². The number of hydrogen-bond acceptors (Lipinski definition) is 3. The standard InChI is InChI=1S/C11H18N2O/c1-3-6-10(12)9-7-5-8-13-11(9)14-4-2/h5,7-8,10H,3-4,6,12H2,1-2H3. The summed E-state index contributed by atoms with van der Waals surface area (Å²) >= 11 is 0. The number of pyridine rings is 1. The first-order valence-electron chi connectivity index (χ1n) is 5.12. The number of hydrogen-bond donors (Lipinski definition) is 1. The molecule has 1 atom stereocenters. The highest BCUT2D eigenvalue weighted by atomic mass is 16.5. The average molecular weight is 194 g/mol. The van der Waals surface area contributed by atoms with E-state index in [1.807, 2.05) is 19.1 Å². The van der Waals surface area contributed by atoms with E-state index in [4.69, 9.17) is 10.5 Å². The van der Waals surface area contributed by atoms with E-state index in [1.165, 1.54) is 0 Å². The second-order valence-corrected chi connectivity index (χ2v) is 3.23. The molecule has 2 N–H and O–H groups in total. The van der Waals surface area contributed by atoms with Gasteiger partial charge in [0.05, 0.1) is 6.61 Å². The summed E-state index contributed by atoms with van der Waals surface area (Å²) in [6, 6.07) is 3.92. The highest BCUT2D eigenvalue weighted by Crippen LogP contribution is 2.23. The molecule has 1 aromatic heterocycles. The van der Waals surface area contributed by atoms with Crippen molar-refractivity contribution in [1.29, 1.82) is 0 Å². The largest absolute Gasteiger partial charge is 0.478 e. The second kappa shape index (κ2) is 5.60. The van der Waals surface area contributed by atoms with Gasteiger partial charge < -0.3 is 10.5 Å². The van der Waals surface area contributed by atoms with Crippen LogP contribution in [0, 0.1) is 0 Å². The van der Waals surface area contributed by atoms with Gasteiger partial charge in [0, 0.05) is 17.8 Å². The number of nitrogens with two attached hydrogens (primary N) is 1. The summed E-state index contributed by atoms with van der Waals surface area (Å²) in [7, 11) is 0. The minimum atomic E-state index is 0.0373. The van der Waals surface area contributed by atoms with Crippen molar-refractivity contribution in [2.24, 2.45) is 5.73 Å². The Morgan fingerprint density at radius 2 is 2.29 bits per heavy atom. The van der Waals surface area contributed by atoms with Crippen molar-refractivity contribution in [2.45, 2.75) is 32.7 Å². The van der Waals surface area contributed by atoms with Crippen LogP contribution in [0.3, 0.4) is 0 Å². The molecule has 3 heteroatoms. The Hall–Kier alpha value is -1.09. The maximum absolute atomic E-state index is 6.02. The van der Waals surface area contributed by atoms with E-state index >= 15 is 0 Å². The minimum absolute atomic E-state index is 0.0373. The van der Waals surface area contributed by atoms with Crippen molar-refractivity contribution in [3.05, 3.63) is 23.9 Å². The normalized spacial score (nSPS) is 12.5. The minimum Gasteiger partial charge on any atom is -0.478 e. The third kappa shape index (κ3) is 2.70. The highest BCUT2D eigenvalue weighted by Gasteiger charge is 2.11. The van der Waals surface area contributed by atoms with Crippen LogP contribution in [0.1, 0.15) is 38.3 Å². The molecule has 0 saturated heterocycles. The molecule has 0 aliphatic rings. The molecule has 0 fully saturated rings. The number of nitrogens with zero attached hydrogens (tertiary/aromatic N) is 1. The lowest BCUT2D eigenvalue weighted by molar-refractivity contribution is 0.319. The highest BCUT2D eigenvalue weighted by molar-refractivity contribution is 5.28. The van der Waals surface area contributed by atoms with Gasteiger partial charge >= 0.3 is 0 Å². The molecule has 0 saturated carbocycles. The summed E-state index contributed by atoms with van der Waals surface area (Å²) in [5.41, 5.74) is 7.03. The smallest absolute Gasteiger partial charge is 0.218 e. The topological polar surface area (TPSA) is 48.1 Å². The zero-order valence-electron chi connectivity index (χ0n) is 8.86. The molecule has 0 bridgehead atoms. The molecule has 0 aliphatic heterocycles. The summed E-state index contributed by atoms with van der Waals surface area (Å²) in [5.74, 6) is 0.677. The first-order valence-corrected chi connectivity index (χ1v) is 5.12. The summed E-state index contributed by atoms with van der Waals surface area (Å²) in [4.78, 5) is 4.17. The third-order valence-electron chi connectivity index (χ3n) is 2.08. The fourth-order valence-electron chi connectivity index (χ4n) is 1.41. The van der Waals surface area contributed by atoms with Gasteiger partial charge in [-0.25, -0.2) is 4.98 Å². The SMILES string of the molecule is CCCC(N)c1cccnc1OCC. The molecule has 1 aromatic rings. The zero-order valence-corrected chi connectivity index (χ0v) is 8.86. The van der Waals surface area contributed by atoms with Crippen molar-refractivity contribution in [1.82, 2.24) is 4.98 Å². The Morgan fingerprint density at radius 3 is 2.93 bits per heavy atom. The Kier molecular flexibility index (Phi) is 4.40. The quantitative estimate of drug-likeness (QED) is 0.782. The van der Waals surface area contributed by atoms with Crippen molar-refractivity contribution in [3.63, 3.8) is 0 Å². The Balaban J connectivity index is 2.82. The van der Waals surface area contributed by atoms with Crippen LogP contribution in [-0.4, -0.2) is 11.6 Å². The van der Waals surface area contributed by atoms with E-state index < -0.39 is 0 Å². The molecule has 3 nitrogen and oxygen atoms in total. The predicted octanol–water partition coefficient (Wildman–Crippen LogP) is 2.28. The molecular formula is C11H18N2O. The van der Waals surface area contributed by atoms with Gasteiger partial charge in [0.25, 0.3) is 0 Å². The van der Waals surface area contributed by atoms with Crippen LogP contribution >= 0.6 is 0 Å². The van der Waals surface area contributed by atoms with Crippen LogP contribution in [0.25, 0.3) is 0 Å². The molecule has 1 unspecified atom stereocenters. The monoisotopic (exact) mass is 194 g/mol. The van der Waals surface area contributed by atoms with Crippen molar-refractivity contribution in [3.8, 4) is 5.88 Å². The fraction of sp³-hybridized carbons (Fsp3) is 0.545. The molecule has 0 spiro atoms. The van der Waals surface area contributed by atoms with Gasteiger partial charge in [0.2, 0.25) is 5.88 Å². The molecule has 0 amide bonds. The first kappa shape index (κ1) is 11.0. The summed E-state index contributed by atoms with van der Waals surface area (Å²) < 4.78 is 5.41. The lowest BCUT2D eigenvalue weighted by Gasteiger charge is -2.14. The van der Waals surface area contributed by atoms with E-state index in [9.17, 15) is 0 Å². The van der Waals surface area contributed by atoms with Crippen LogP contribution in [0.5, 0.6) is 5.88 Å². The summed E-state index contributed by atoms with van der Waals surface area (Å²) in [5, 5.41) is 0. The molecule has 0 radical (unpaired) electrons. The third-order valence-corrected chi connectivity index (χ3v) is 2.08. The molecule has 0 aromatic carbocycles. The van der Waals surface area contributed by atoms with Crippen LogP contribution in [0.4, 0.5) is 0 Å². The second-order valence-electron chi connectivity index (χ2n) is 3.23. The Morgan fingerprint density at radius 1 is 1.50 bits per heavy atom. The molecule has 78 valence electrons. The Labute approximate surface area is 85.3 Å². The van der Waals surface area contributed by atoms with Gasteiger partial charge in [-0.15, -0.1) is 0 Å². The van der Waals surface area contributed by atoms with E-state index in [-0.39, 0.29) is 6.04 Å². The van der Waals surface area contributed by atoms with Gasteiger partial charge in [-0.2, -0.15) is 0 Å². The summed E-state index contributed by atoms with van der Waals surface area (Å²) in [6.45, 7) is 4.70. The summed E-state index contributed by atoms with van der Waals surface area (Å²) in [6.07, 6.45) is 3.76. The van der Waals surface area contributed by atoms with Crippen LogP contribution < -0.4 is 10.5 Å². The lowest BCUT2D eigenvalue weighted by Crippen LogP contribution is -2.12. The molecule has 1 rings (SSSR count). The maximum atomic E-state index is 6.02. The zero-order chi connectivity index (χ0) is 10.4. The van der Waals surface area contributed by atoms with E-state index in [2.05, 4.69) is 11.9 Å². The number of rotatable bonds is 5. The molecular weight excluding hydrogens is 176 g/mol. The fourth-order valence-corrected chi connectivity index (χ4v) is 1.41. The van der Waals surface area contributed by atoms with Crippen LogP contribution in [0.2, 0.25) is 0 Å². The first-order chi connectivity index (χ1) is 6.79. The lowest BCUT2D eigenvalue weighted by atomic mass is 10.1. The maximum Gasteiger partial charge on any atom is 0.218 e. The van der Waals surface area contributed by atoms with Crippen LogP contribution in [-0.2, 0) is 0 Å². The van der Waals surface area contributed by atoms with Crippen molar-refractivity contribution < 1.29 is 4.74 Å². The van der Waals surface area contributed by atoms with Gasteiger partial charge in [-0.1, -0.05) is 19.4 Å². The van der Waals surface area contributed by atoms with Crippen LogP contribution in [0.15, 0.2) is 18.3 Å².